The lowest BCUT2D eigenvalue weighted by molar-refractivity contribution is -0.123. The van der Waals surface area contributed by atoms with Gasteiger partial charge in [0.25, 0.3) is 5.91 Å². The zero-order valence-corrected chi connectivity index (χ0v) is 15.0. The molecule has 1 N–H and O–H groups in total. The summed E-state index contributed by atoms with van der Waals surface area (Å²) in [5, 5.41) is 5.98. The van der Waals surface area contributed by atoms with Gasteiger partial charge in [0, 0.05) is 4.88 Å². The molecule has 0 unspecified atom stereocenters. The number of ether oxygens (including phenoxy) is 2. The van der Waals surface area contributed by atoms with E-state index in [2.05, 4.69) is 10.5 Å². The van der Waals surface area contributed by atoms with Gasteiger partial charge in [-0.25, -0.2) is 10.2 Å². The van der Waals surface area contributed by atoms with E-state index in [1.807, 2.05) is 31.4 Å². The molecule has 6 nitrogen and oxygen atoms in total. The highest BCUT2D eigenvalue weighted by Gasteiger charge is 2.07. The van der Waals surface area contributed by atoms with Crippen molar-refractivity contribution in [1.29, 1.82) is 0 Å². The van der Waals surface area contributed by atoms with Crippen molar-refractivity contribution in [3.8, 4) is 5.75 Å². The Hall–Kier alpha value is -2.67. The molecule has 0 aliphatic heterocycles. The molecular formula is C18H20N2O4S. The quantitative estimate of drug-likeness (QED) is 0.445. The third kappa shape index (κ3) is 6.04. The molecule has 0 radical (unpaired) electrons. The number of rotatable bonds is 8. The second kappa shape index (κ2) is 9.58. The predicted molar refractivity (Wildman–Crippen MR) is 97.2 cm³/mol. The average molecular weight is 360 g/mol. The van der Waals surface area contributed by atoms with Gasteiger partial charge in [0.15, 0.2) is 6.61 Å². The van der Waals surface area contributed by atoms with Crippen LogP contribution in [0.3, 0.4) is 0 Å². The number of carbonyl (C=O) groups is 2. The highest BCUT2D eigenvalue weighted by Crippen LogP contribution is 2.13. The summed E-state index contributed by atoms with van der Waals surface area (Å²) in [5.74, 6) is -0.243. The fraction of sp³-hybridized carbons (Fsp3) is 0.278. The highest BCUT2D eigenvalue weighted by atomic mass is 32.1. The second-order valence-corrected chi connectivity index (χ2v) is 6.11. The van der Waals surface area contributed by atoms with Crippen LogP contribution in [0.4, 0.5) is 0 Å². The monoisotopic (exact) mass is 360 g/mol. The number of hydrogen-bond donors (Lipinski definition) is 1. The van der Waals surface area contributed by atoms with E-state index in [-0.39, 0.29) is 18.5 Å². The van der Waals surface area contributed by atoms with Gasteiger partial charge >= 0.3 is 5.97 Å². The molecule has 0 bridgehead atoms. The Kier molecular flexibility index (Phi) is 7.16. The van der Waals surface area contributed by atoms with Crippen LogP contribution in [-0.2, 0) is 9.53 Å². The van der Waals surface area contributed by atoms with Gasteiger partial charge < -0.3 is 9.47 Å². The molecule has 1 aromatic heterocycles. The Bertz CT molecular complexity index is 724. The summed E-state index contributed by atoms with van der Waals surface area (Å²) >= 11 is 1.55. The molecule has 0 spiro atoms. The summed E-state index contributed by atoms with van der Waals surface area (Å²) < 4.78 is 10.4. The van der Waals surface area contributed by atoms with Crippen LogP contribution >= 0.6 is 11.3 Å². The van der Waals surface area contributed by atoms with Crippen LogP contribution in [-0.4, -0.2) is 30.8 Å². The lowest BCUT2D eigenvalue weighted by Crippen LogP contribution is -2.25. The van der Waals surface area contributed by atoms with Crippen LogP contribution < -0.4 is 10.2 Å². The first-order chi connectivity index (χ1) is 12.1. The van der Waals surface area contributed by atoms with Gasteiger partial charge in [0.2, 0.25) is 0 Å². The highest BCUT2D eigenvalue weighted by molar-refractivity contribution is 7.12. The number of thiophene rings is 1. The summed E-state index contributed by atoms with van der Waals surface area (Å²) in [6.45, 7) is 3.98. The first kappa shape index (κ1) is 18.7. The average Bonchev–Trinajstić information content (AvgIpc) is 3.17. The first-order valence-corrected chi connectivity index (χ1v) is 8.75. The smallest absolute Gasteiger partial charge is 0.338 e. The number of hydrogen-bond acceptors (Lipinski definition) is 6. The van der Waals surface area contributed by atoms with E-state index >= 15 is 0 Å². The molecule has 0 aliphatic rings. The molecule has 0 saturated carbocycles. The number of hydrazone groups is 1. The zero-order chi connectivity index (χ0) is 18.1. The maximum atomic E-state index is 11.8. The van der Waals surface area contributed by atoms with Gasteiger partial charge in [-0.15, -0.1) is 11.3 Å². The Balaban J connectivity index is 1.79. The minimum atomic E-state index is -0.371. The zero-order valence-electron chi connectivity index (χ0n) is 14.2. The molecule has 25 heavy (non-hydrogen) atoms. The van der Waals surface area contributed by atoms with E-state index in [9.17, 15) is 9.59 Å². The standard InChI is InChI=1S/C18H20N2O4S/c1-3-10-23-18(22)14-6-8-15(9-7-14)24-12-17(21)20-19-13(2)16-5-4-11-25-16/h4-9,11H,3,10,12H2,1-2H3,(H,20,21). The van der Waals surface area contributed by atoms with Crippen molar-refractivity contribution < 1.29 is 19.1 Å². The maximum Gasteiger partial charge on any atom is 0.338 e. The molecule has 0 atom stereocenters. The molecule has 0 fully saturated rings. The number of benzene rings is 1. The van der Waals surface area contributed by atoms with E-state index in [4.69, 9.17) is 9.47 Å². The molecule has 1 aromatic carbocycles. The first-order valence-electron chi connectivity index (χ1n) is 7.87. The normalized spacial score (nSPS) is 11.0. The number of esters is 1. The number of carbonyl (C=O) groups excluding carboxylic acids is 2. The maximum absolute atomic E-state index is 11.8. The lowest BCUT2D eigenvalue weighted by Gasteiger charge is -2.07. The van der Waals surface area contributed by atoms with Crippen LogP contribution in [0.25, 0.3) is 0 Å². The van der Waals surface area contributed by atoms with Crippen molar-refractivity contribution >= 4 is 28.9 Å². The fourth-order valence-electron chi connectivity index (χ4n) is 1.83. The summed E-state index contributed by atoms with van der Waals surface area (Å²) in [6, 6.07) is 10.3. The molecular weight excluding hydrogens is 340 g/mol. The lowest BCUT2D eigenvalue weighted by atomic mass is 10.2. The van der Waals surface area contributed by atoms with E-state index in [0.29, 0.717) is 17.9 Å². The Morgan fingerprint density at radius 3 is 2.60 bits per heavy atom. The van der Waals surface area contributed by atoms with Gasteiger partial charge in [0.05, 0.1) is 17.9 Å². The van der Waals surface area contributed by atoms with Gasteiger partial charge in [0.1, 0.15) is 5.75 Å². The van der Waals surface area contributed by atoms with Crippen LogP contribution in [0, 0.1) is 0 Å². The van der Waals surface area contributed by atoms with Crippen molar-refractivity contribution in [2.45, 2.75) is 20.3 Å². The van der Waals surface area contributed by atoms with Gasteiger partial charge in [-0.05, 0) is 49.1 Å². The minimum Gasteiger partial charge on any atom is -0.484 e. The van der Waals surface area contributed by atoms with E-state index in [0.717, 1.165) is 17.0 Å². The molecule has 1 heterocycles. The third-order valence-electron chi connectivity index (χ3n) is 3.12. The topological polar surface area (TPSA) is 77.0 Å². The van der Waals surface area contributed by atoms with Gasteiger partial charge in [-0.3, -0.25) is 4.79 Å². The Morgan fingerprint density at radius 2 is 1.96 bits per heavy atom. The van der Waals surface area contributed by atoms with Crippen molar-refractivity contribution in [3.63, 3.8) is 0 Å². The summed E-state index contributed by atoms with van der Waals surface area (Å²) in [5.41, 5.74) is 3.63. The summed E-state index contributed by atoms with van der Waals surface area (Å²) in [6.07, 6.45) is 0.774. The van der Waals surface area contributed by atoms with Gasteiger partial charge in [-0.1, -0.05) is 13.0 Å². The second-order valence-electron chi connectivity index (χ2n) is 5.16. The SMILES string of the molecule is CCCOC(=O)c1ccc(OCC(=O)NN=C(C)c2cccs2)cc1. The molecule has 132 valence electrons. The van der Waals surface area contributed by atoms with Crippen LogP contribution in [0.15, 0.2) is 46.9 Å². The molecule has 2 aromatic rings. The van der Waals surface area contributed by atoms with Crippen LogP contribution in [0.2, 0.25) is 0 Å². The van der Waals surface area contributed by atoms with E-state index in [1.54, 1.807) is 35.6 Å². The Labute approximate surface area is 150 Å². The van der Waals surface area contributed by atoms with E-state index in [1.165, 1.54) is 0 Å². The summed E-state index contributed by atoms with van der Waals surface area (Å²) in [7, 11) is 0. The van der Waals surface area contributed by atoms with Crippen molar-refractivity contribution in [1.82, 2.24) is 5.43 Å². The molecule has 2 rings (SSSR count). The molecule has 7 heteroatoms. The largest absolute Gasteiger partial charge is 0.484 e. The molecule has 0 aliphatic carbocycles. The molecule has 1 amide bonds. The number of nitrogens with zero attached hydrogens (tertiary/aromatic N) is 1. The van der Waals surface area contributed by atoms with Crippen molar-refractivity contribution in [3.05, 3.63) is 52.2 Å². The van der Waals surface area contributed by atoms with Crippen LogP contribution in [0.5, 0.6) is 5.75 Å². The number of nitrogens with one attached hydrogen (secondary N) is 1. The van der Waals surface area contributed by atoms with Crippen LogP contribution in [0.1, 0.15) is 35.5 Å². The predicted octanol–water partition coefficient (Wildman–Crippen LogP) is 3.23. The van der Waals surface area contributed by atoms with Crippen molar-refractivity contribution in [2.75, 3.05) is 13.2 Å². The minimum absolute atomic E-state index is 0.166. The third-order valence-corrected chi connectivity index (χ3v) is 4.10. The number of amides is 1. The Morgan fingerprint density at radius 1 is 1.20 bits per heavy atom. The van der Waals surface area contributed by atoms with Gasteiger partial charge in [-0.2, -0.15) is 5.10 Å². The van der Waals surface area contributed by atoms with Crippen molar-refractivity contribution in [2.24, 2.45) is 5.10 Å². The fourth-order valence-corrected chi connectivity index (χ4v) is 2.51. The van der Waals surface area contributed by atoms with E-state index < -0.39 is 0 Å². The molecule has 0 saturated heterocycles. The summed E-state index contributed by atoms with van der Waals surface area (Å²) in [4.78, 5) is 24.4.